The number of nitrogens with two attached hydrogens (primary N) is 1. The van der Waals surface area contributed by atoms with Crippen LogP contribution in [0.2, 0.25) is 0 Å². The van der Waals surface area contributed by atoms with Crippen LogP contribution in [-0.4, -0.2) is 6.61 Å². The smallest absolute Gasteiger partial charge is 0.126 e. The molecule has 0 heterocycles. The molecule has 0 bridgehead atoms. The van der Waals surface area contributed by atoms with Crippen LogP contribution in [0.3, 0.4) is 0 Å². The van der Waals surface area contributed by atoms with Gasteiger partial charge in [0.2, 0.25) is 0 Å². The Balaban J connectivity index is 1.88. The highest BCUT2D eigenvalue weighted by atomic mass is 19.1. The summed E-state index contributed by atoms with van der Waals surface area (Å²) in [7, 11) is 0. The van der Waals surface area contributed by atoms with Crippen LogP contribution in [0.4, 0.5) is 10.1 Å². The van der Waals surface area contributed by atoms with Crippen molar-refractivity contribution in [2.45, 2.75) is 6.42 Å². The highest BCUT2D eigenvalue weighted by Gasteiger charge is 2.00. The number of hydrogen-bond acceptors (Lipinski definition) is 2. The fourth-order valence-electron chi connectivity index (χ4n) is 1.54. The van der Waals surface area contributed by atoms with Gasteiger partial charge < -0.3 is 10.5 Å². The van der Waals surface area contributed by atoms with Gasteiger partial charge in [-0.2, -0.15) is 0 Å². The summed E-state index contributed by atoms with van der Waals surface area (Å²) in [5.41, 5.74) is 6.93. The Morgan fingerprint density at radius 3 is 2.41 bits per heavy atom. The Morgan fingerprint density at radius 1 is 1.00 bits per heavy atom. The van der Waals surface area contributed by atoms with E-state index in [-0.39, 0.29) is 5.82 Å². The van der Waals surface area contributed by atoms with Gasteiger partial charge in [-0.05, 0) is 35.9 Å². The summed E-state index contributed by atoms with van der Waals surface area (Å²) in [4.78, 5) is 0. The first-order chi connectivity index (χ1) is 8.25. The largest absolute Gasteiger partial charge is 0.493 e. The lowest BCUT2D eigenvalue weighted by molar-refractivity contribution is 0.320. The van der Waals surface area contributed by atoms with Crippen LogP contribution in [0, 0.1) is 5.82 Å². The number of nitrogen functional groups attached to an aromatic ring is 1. The summed E-state index contributed by atoms with van der Waals surface area (Å²) in [5.74, 6) is 0.559. The van der Waals surface area contributed by atoms with Gasteiger partial charge in [0.15, 0.2) is 0 Å². The lowest BCUT2D eigenvalue weighted by Gasteiger charge is -2.07. The molecule has 2 aromatic carbocycles. The summed E-state index contributed by atoms with van der Waals surface area (Å²) in [6.07, 6.45) is 0.553. The van der Waals surface area contributed by atoms with Crippen molar-refractivity contribution in [3.8, 4) is 5.75 Å². The second kappa shape index (κ2) is 5.34. The average Bonchev–Trinajstić information content (AvgIpc) is 2.34. The van der Waals surface area contributed by atoms with E-state index in [0.29, 0.717) is 24.3 Å². The molecule has 0 saturated heterocycles. The van der Waals surface area contributed by atoms with Crippen molar-refractivity contribution in [3.05, 3.63) is 59.9 Å². The van der Waals surface area contributed by atoms with Crippen molar-refractivity contribution >= 4 is 5.69 Å². The fourth-order valence-corrected chi connectivity index (χ4v) is 1.54. The van der Waals surface area contributed by atoms with Gasteiger partial charge in [-0.3, -0.25) is 0 Å². The summed E-state index contributed by atoms with van der Waals surface area (Å²) in [5, 5.41) is 0. The molecule has 17 heavy (non-hydrogen) atoms. The fraction of sp³-hybridized carbons (Fsp3) is 0.143. The molecule has 0 aliphatic heterocycles. The topological polar surface area (TPSA) is 35.2 Å². The van der Waals surface area contributed by atoms with Crippen LogP contribution in [0.25, 0.3) is 0 Å². The van der Waals surface area contributed by atoms with Crippen molar-refractivity contribution in [3.63, 3.8) is 0 Å². The van der Waals surface area contributed by atoms with E-state index in [1.54, 1.807) is 36.4 Å². The number of rotatable bonds is 4. The van der Waals surface area contributed by atoms with Crippen molar-refractivity contribution in [1.82, 2.24) is 0 Å². The first-order valence-electron chi connectivity index (χ1n) is 5.47. The van der Waals surface area contributed by atoms with Crippen LogP contribution in [0.15, 0.2) is 48.5 Å². The Hall–Kier alpha value is -2.03. The monoisotopic (exact) mass is 231 g/mol. The van der Waals surface area contributed by atoms with E-state index >= 15 is 0 Å². The molecule has 0 saturated carbocycles. The maximum atomic E-state index is 13.3. The summed E-state index contributed by atoms with van der Waals surface area (Å²) < 4.78 is 18.8. The predicted octanol–water partition coefficient (Wildman–Crippen LogP) is 3.03. The molecule has 0 aromatic heterocycles. The van der Waals surface area contributed by atoms with Crippen LogP contribution in [0.5, 0.6) is 5.75 Å². The maximum Gasteiger partial charge on any atom is 0.126 e. The lowest BCUT2D eigenvalue weighted by atomic mass is 10.1. The molecule has 3 heteroatoms. The average molecular weight is 231 g/mol. The zero-order chi connectivity index (χ0) is 12.1. The van der Waals surface area contributed by atoms with Gasteiger partial charge in [0.1, 0.15) is 11.6 Å². The molecule has 2 aromatic rings. The van der Waals surface area contributed by atoms with Crippen molar-refractivity contribution in [1.29, 1.82) is 0 Å². The molecule has 0 aliphatic rings. The molecule has 2 nitrogen and oxygen atoms in total. The van der Waals surface area contributed by atoms with Gasteiger partial charge in [0.05, 0.1) is 6.61 Å². The molecule has 2 rings (SSSR count). The third kappa shape index (κ3) is 3.21. The highest BCUT2D eigenvalue weighted by Crippen LogP contribution is 2.14. The van der Waals surface area contributed by atoms with Crippen LogP contribution < -0.4 is 10.5 Å². The molecule has 0 radical (unpaired) electrons. The summed E-state index contributed by atoms with van der Waals surface area (Å²) >= 11 is 0. The van der Waals surface area contributed by atoms with Crippen LogP contribution in [-0.2, 0) is 6.42 Å². The van der Waals surface area contributed by atoms with Crippen LogP contribution in [0.1, 0.15) is 5.56 Å². The molecule has 0 spiro atoms. The van der Waals surface area contributed by atoms with E-state index in [9.17, 15) is 4.39 Å². The summed E-state index contributed by atoms with van der Waals surface area (Å²) in [6.45, 7) is 0.449. The number of benzene rings is 2. The van der Waals surface area contributed by atoms with Crippen molar-refractivity contribution in [2.75, 3.05) is 12.3 Å². The van der Waals surface area contributed by atoms with Crippen LogP contribution >= 0.6 is 0 Å². The van der Waals surface area contributed by atoms with Crippen molar-refractivity contribution < 1.29 is 9.13 Å². The van der Waals surface area contributed by atoms with Gasteiger partial charge in [0, 0.05) is 12.1 Å². The number of ether oxygens (including phenoxy) is 1. The number of hydrogen-bond donors (Lipinski definition) is 1. The molecule has 0 fully saturated rings. The Labute approximate surface area is 99.8 Å². The Kier molecular flexibility index (Phi) is 3.60. The zero-order valence-electron chi connectivity index (χ0n) is 9.40. The first-order valence-corrected chi connectivity index (χ1v) is 5.47. The molecule has 0 amide bonds. The lowest BCUT2D eigenvalue weighted by Crippen LogP contribution is -2.02. The SMILES string of the molecule is Nc1ccc(OCCc2ccccc2F)cc1. The standard InChI is InChI=1S/C14H14FNO/c15-14-4-2-1-3-11(14)9-10-17-13-7-5-12(16)6-8-13/h1-8H,9-10,16H2. The first kappa shape index (κ1) is 11.5. The quantitative estimate of drug-likeness (QED) is 0.821. The molecular formula is C14H14FNO. The second-order valence-corrected chi connectivity index (χ2v) is 3.76. The van der Waals surface area contributed by atoms with E-state index in [0.717, 1.165) is 5.75 Å². The van der Waals surface area contributed by atoms with Gasteiger partial charge >= 0.3 is 0 Å². The third-order valence-electron chi connectivity index (χ3n) is 2.48. The minimum absolute atomic E-state index is 0.187. The molecule has 88 valence electrons. The van der Waals surface area contributed by atoms with Gasteiger partial charge in [-0.1, -0.05) is 18.2 Å². The van der Waals surface area contributed by atoms with E-state index in [1.807, 2.05) is 6.07 Å². The number of anilines is 1. The maximum absolute atomic E-state index is 13.3. The second-order valence-electron chi connectivity index (χ2n) is 3.76. The minimum atomic E-state index is -0.187. The van der Waals surface area contributed by atoms with E-state index in [1.165, 1.54) is 6.07 Å². The normalized spacial score (nSPS) is 10.2. The minimum Gasteiger partial charge on any atom is -0.493 e. The Morgan fingerprint density at radius 2 is 1.71 bits per heavy atom. The molecule has 0 aliphatic carbocycles. The van der Waals surface area contributed by atoms with Gasteiger partial charge in [-0.25, -0.2) is 4.39 Å². The van der Waals surface area contributed by atoms with Crippen molar-refractivity contribution in [2.24, 2.45) is 0 Å². The molecular weight excluding hydrogens is 217 g/mol. The van der Waals surface area contributed by atoms with E-state index in [4.69, 9.17) is 10.5 Å². The molecule has 2 N–H and O–H groups in total. The molecule has 0 atom stereocenters. The highest BCUT2D eigenvalue weighted by molar-refractivity contribution is 5.41. The third-order valence-corrected chi connectivity index (χ3v) is 2.48. The van der Waals surface area contributed by atoms with E-state index < -0.39 is 0 Å². The van der Waals surface area contributed by atoms with Gasteiger partial charge in [-0.15, -0.1) is 0 Å². The van der Waals surface area contributed by atoms with Gasteiger partial charge in [0.25, 0.3) is 0 Å². The predicted molar refractivity (Wildman–Crippen MR) is 66.5 cm³/mol. The van der Waals surface area contributed by atoms with E-state index in [2.05, 4.69) is 0 Å². The zero-order valence-corrected chi connectivity index (χ0v) is 9.40. The Bertz CT molecular complexity index is 482. The summed E-state index contributed by atoms with van der Waals surface area (Å²) in [6, 6.07) is 13.9. The number of halogens is 1. The molecule has 0 unspecified atom stereocenters.